The van der Waals surface area contributed by atoms with Crippen molar-refractivity contribution in [1.29, 1.82) is 0 Å². The molecule has 1 aromatic heterocycles. The smallest absolute Gasteiger partial charge is 0.255 e. The van der Waals surface area contributed by atoms with Gasteiger partial charge in [-0.25, -0.2) is 4.98 Å². The molecule has 9 nitrogen and oxygen atoms in total. The first-order valence-corrected chi connectivity index (χ1v) is 13.7. The van der Waals surface area contributed by atoms with Gasteiger partial charge in [-0.05, 0) is 76.1 Å². The Morgan fingerprint density at radius 2 is 1.82 bits per heavy atom. The van der Waals surface area contributed by atoms with Crippen molar-refractivity contribution in [2.75, 3.05) is 17.3 Å². The number of ketones is 1. The summed E-state index contributed by atoms with van der Waals surface area (Å²) in [6.45, 7) is 4.04. The van der Waals surface area contributed by atoms with Gasteiger partial charge < -0.3 is 26.0 Å². The molecule has 2 aliphatic heterocycles. The van der Waals surface area contributed by atoms with Gasteiger partial charge in [0.25, 0.3) is 11.8 Å². The van der Waals surface area contributed by atoms with Gasteiger partial charge in [-0.3, -0.25) is 14.4 Å². The van der Waals surface area contributed by atoms with Crippen molar-refractivity contribution in [2.24, 2.45) is 11.7 Å². The zero-order chi connectivity index (χ0) is 27.0. The summed E-state index contributed by atoms with van der Waals surface area (Å²) in [5.74, 6) is 0.795. The quantitative estimate of drug-likeness (QED) is 0.406. The normalized spacial score (nSPS) is 23.0. The van der Waals surface area contributed by atoms with Crippen LogP contribution in [0.5, 0.6) is 5.75 Å². The summed E-state index contributed by atoms with van der Waals surface area (Å²) < 4.78 is 5.47. The van der Waals surface area contributed by atoms with Crippen LogP contribution in [0.3, 0.4) is 0 Å². The van der Waals surface area contributed by atoms with Crippen LogP contribution in [0.15, 0.2) is 30.5 Å². The molecule has 3 heterocycles. The molecule has 3 aliphatic rings. The number of benzene rings is 1. The molecule has 1 aromatic carbocycles. The number of nitrogens with zero attached hydrogens (tertiary/aromatic N) is 2. The van der Waals surface area contributed by atoms with Crippen molar-refractivity contribution in [3.63, 3.8) is 0 Å². The maximum Gasteiger partial charge on any atom is 0.255 e. The number of methoxy groups -OCH3 is 1. The predicted octanol–water partition coefficient (Wildman–Crippen LogP) is 3.92. The number of ether oxygens (including phenoxy) is 1. The molecule has 202 valence electrons. The minimum absolute atomic E-state index is 0.0125. The SMILES string of the molecule is CC[C@@H](C)Nc1cc(C(=O)NC2C[C@H]3CC[C@@H](C2)N3c2ccc(C(=O)C3CC3)cn2)c(OC)cc1C(N)=O. The highest BCUT2D eigenvalue weighted by Crippen LogP contribution is 2.39. The molecule has 3 fully saturated rings. The fraction of sp³-hybridized carbons (Fsp3) is 0.517. The summed E-state index contributed by atoms with van der Waals surface area (Å²) in [7, 11) is 1.48. The van der Waals surface area contributed by atoms with E-state index in [0.717, 1.165) is 50.8 Å². The fourth-order valence-corrected chi connectivity index (χ4v) is 5.81. The number of rotatable bonds is 10. The summed E-state index contributed by atoms with van der Waals surface area (Å²) in [5, 5.41) is 6.50. The van der Waals surface area contributed by atoms with Gasteiger partial charge in [0.15, 0.2) is 5.78 Å². The van der Waals surface area contributed by atoms with Crippen molar-refractivity contribution in [1.82, 2.24) is 10.3 Å². The van der Waals surface area contributed by atoms with Gasteiger partial charge in [-0.2, -0.15) is 0 Å². The number of nitrogens with one attached hydrogen (secondary N) is 2. The highest BCUT2D eigenvalue weighted by molar-refractivity contribution is 6.04. The van der Waals surface area contributed by atoms with Crippen LogP contribution in [-0.4, -0.2) is 53.9 Å². The van der Waals surface area contributed by atoms with Crippen molar-refractivity contribution >= 4 is 29.1 Å². The zero-order valence-electron chi connectivity index (χ0n) is 22.3. The van der Waals surface area contributed by atoms with Crippen molar-refractivity contribution < 1.29 is 19.1 Å². The van der Waals surface area contributed by atoms with Crippen LogP contribution in [0.25, 0.3) is 0 Å². The molecule has 2 aromatic rings. The molecule has 1 saturated carbocycles. The third-order valence-electron chi connectivity index (χ3n) is 8.18. The summed E-state index contributed by atoms with van der Waals surface area (Å²) in [6, 6.07) is 7.75. The largest absolute Gasteiger partial charge is 0.496 e. The molecule has 1 aliphatic carbocycles. The Bertz CT molecular complexity index is 1210. The maximum absolute atomic E-state index is 13.4. The molecular weight excluding hydrogens is 482 g/mol. The van der Waals surface area contributed by atoms with Crippen LogP contribution in [0, 0.1) is 5.92 Å². The third-order valence-corrected chi connectivity index (χ3v) is 8.18. The number of Topliss-reactive ketones (excluding diaryl/α,β-unsaturated/α-hetero) is 1. The van der Waals surface area contributed by atoms with Gasteiger partial charge in [0.1, 0.15) is 11.6 Å². The van der Waals surface area contributed by atoms with E-state index in [1.165, 1.54) is 13.2 Å². The van der Waals surface area contributed by atoms with E-state index in [1.807, 2.05) is 26.0 Å². The molecule has 0 radical (unpaired) electrons. The number of amides is 2. The highest BCUT2D eigenvalue weighted by Gasteiger charge is 2.42. The molecule has 2 saturated heterocycles. The monoisotopic (exact) mass is 519 g/mol. The molecule has 2 amide bonds. The number of piperidine rings is 1. The first kappa shape index (κ1) is 26.0. The molecule has 5 rings (SSSR count). The van der Waals surface area contributed by atoms with Crippen LogP contribution < -0.4 is 26.0 Å². The standard InChI is InChI=1S/C29H37N5O4/c1-4-16(2)32-24-13-23(25(38-3)14-22(24)28(30)36)29(37)33-19-11-20-8-9-21(12-19)34(20)26-10-7-18(15-31-26)27(35)17-5-6-17/h7,10,13-17,19-21,32H,4-6,8-9,11-12H2,1-3H3,(H2,30,36)(H,33,37)/t16-,19?,20-,21+/m1/s1. The second kappa shape index (κ2) is 10.6. The summed E-state index contributed by atoms with van der Waals surface area (Å²) >= 11 is 0. The second-order valence-corrected chi connectivity index (χ2v) is 10.9. The number of hydrogen-bond acceptors (Lipinski definition) is 7. The van der Waals surface area contributed by atoms with Crippen LogP contribution in [0.1, 0.15) is 89.9 Å². The molecule has 38 heavy (non-hydrogen) atoms. The number of carbonyl (C=O) groups excluding carboxylic acids is 3. The molecule has 9 heteroatoms. The van der Waals surface area contributed by atoms with Gasteiger partial charge >= 0.3 is 0 Å². The number of pyridine rings is 1. The van der Waals surface area contributed by atoms with Gasteiger partial charge in [-0.1, -0.05) is 6.92 Å². The summed E-state index contributed by atoms with van der Waals surface area (Å²) in [4.78, 5) is 44.9. The number of fused-ring (bicyclic) bond motifs is 2. The van der Waals surface area contributed by atoms with Crippen LogP contribution >= 0.6 is 0 Å². The van der Waals surface area contributed by atoms with Crippen LogP contribution in [0.4, 0.5) is 11.5 Å². The Kier molecular flexibility index (Phi) is 7.27. The maximum atomic E-state index is 13.4. The number of aromatic nitrogens is 1. The van der Waals surface area contributed by atoms with Crippen molar-refractivity contribution in [3.8, 4) is 5.75 Å². The van der Waals surface area contributed by atoms with Crippen molar-refractivity contribution in [3.05, 3.63) is 47.2 Å². The number of primary amides is 1. The first-order chi connectivity index (χ1) is 18.3. The average Bonchev–Trinajstić information content (AvgIpc) is 3.72. The minimum atomic E-state index is -0.580. The number of anilines is 2. The molecule has 2 bridgehead atoms. The average molecular weight is 520 g/mol. The number of hydrogen-bond donors (Lipinski definition) is 3. The van der Waals surface area contributed by atoms with Crippen LogP contribution in [-0.2, 0) is 0 Å². The Balaban J connectivity index is 1.29. The van der Waals surface area contributed by atoms with Crippen LogP contribution in [0.2, 0.25) is 0 Å². The second-order valence-electron chi connectivity index (χ2n) is 10.9. The molecule has 4 N–H and O–H groups in total. The number of nitrogens with two attached hydrogens (primary N) is 1. The Morgan fingerprint density at radius 3 is 2.37 bits per heavy atom. The lowest BCUT2D eigenvalue weighted by Gasteiger charge is -2.40. The molecule has 1 unspecified atom stereocenters. The Morgan fingerprint density at radius 1 is 1.11 bits per heavy atom. The van der Waals surface area contributed by atoms with E-state index < -0.39 is 5.91 Å². The summed E-state index contributed by atoms with van der Waals surface area (Å²) in [6.07, 6.45) is 8.25. The Labute approximate surface area is 223 Å². The van der Waals surface area contributed by atoms with E-state index in [2.05, 4.69) is 20.5 Å². The van der Waals surface area contributed by atoms with E-state index in [4.69, 9.17) is 10.5 Å². The highest BCUT2D eigenvalue weighted by atomic mass is 16.5. The zero-order valence-corrected chi connectivity index (χ0v) is 22.3. The van der Waals surface area contributed by atoms with Gasteiger partial charge in [0, 0.05) is 47.5 Å². The van der Waals surface area contributed by atoms with E-state index >= 15 is 0 Å². The van der Waals surface area contributed by atoms with Gasteiger partial charge in [-0.15, -0.1) is 0 Å². The van der Waals surface area contributed by atoms with Gasteiger partial charge in [0.2, 0.25) is 0 Å². The topological polar surface area (TPSA) is 127 Å². The van der Waals surface area contributed by atoms with E-state index in [-0.39, 0.29) is 41.8 Å². The Hall–Kier alpha value is -3.62. The van der Waals surface area contributed by atoms with E-state index in [1.54, 1.807) is 12.3 Å². The third kappa shape index (κ3) is 5.19. The lowest BCUT2D eigenvalue weighted by molar-refractivity contribution is 0.0921. The lowest BCUT2D eigenvalue weighted by atomic mass is 9.96. The van der Waals surface area contributed by atoms with E-state index in [0.29, 0.717) is 28.1 Å². The lowest BCUT2D eigenvalue weighted by Crippen LogP contribution is -2.50. The fourth-order valence-electron chi connectivity index (χ4n) is 5.81. The molecule has 0 spiro atoms. The number of carbonyl (C=O) groups is 3. The van der Waals surface area contributed by atoms with Gasteiger partial charge in [0.05, 0.1) is 18.2 Å². The first-order valence-electron chi connectivity index (χ1n) is 13.7. The summed E-state index contributed by atoms with van der Waals surface area (Å²) in [5.41, 5.74) is 7.50. The molecule has 4 atom stereocenters. The predicted molar refractivity (Wildman–Crippen MR) is 146 cm³/mol. The minimum Gasteiger partial charge on any atom is -0.496 e. The molecular formula is C29H37N5O4. The van der Waals surface area contributed by atoms with E-state index in [9.17, 15) is 14.4 Å². The van der Waals surface area contributed by atoms with Crippen molar-refractivity contribution in [2.45, 2.75) is 83.0 Å².